The molecular weight excluding hydrogens is 330 g/mol. The molecule has 0 saturated heterocycles. The molecule has 0 bridgehead atoms. The average molecular weight is 350 g/mol. The summed E-state index contributed by atoms with van der Waals surface area (Å²) >= 11 is 5.84. The smallest absolute Gasteiger partial charge is 0.207 e. The Bertz CT molecular complexity index is 744. The van der Waals surface area contributed by atoms with Crippen molar-refractivity contribution in [2.75, 3.05) is 0 Å². The van der Waals surface area contributed by atoms with Crippen molar-refractivity contribution < 1.29 is 8.42 Å². The Balaban J connectivity index is 1.83. The van der Waals surface area contributed by atoms with Crippen LogP contribution in [-0.2, 0) is 10.0 Å². The minimum absolute atomic E-state index is 0.0631. The zero-order valence-electron chi connectivity index (χ0n) is 12.8. The van der Waals surface area contributed by atoms with Crippen LogP contribution in [-0.4, -0.2) is 14.5 Å². The van der Waals surface area contributed by atoms with Crippen molar-refractivity contribution in [1.82, 2.24) is 4.72 Å². The molecule has 0 unspecified atom stereocenters. The Labute approximate surface area is 142 Å². The number of sulfonamides is 1. The van der Waals surface area contributed by atoms with Gasteiger partial charge in [0.15, 0.2) is 0 Å². The molecule has 23 heavy (non-hydrogen) atoms. The van der Waals surface area contributed by atoms with E-state index in [4.69, 9.17) is 11.6 Å². The van der Waals surface area contributed by atoms with Gasteiger partial charge in [0.2, 0.25) is 10.0 Å². The van der Waals surface area contributed by atoms with Crippen molar-refractivity contribution >= 4 is 21.6 Å². The molecule has 2 aromatic rings. The molecule has 0 heterocycles. The van der Waals surface area contributed by atoms with E-state index in [9.17, 15) is 8.42 Å². The van der Waals surface area contributed by atoms with Crippen LogP contribution in [0.3, 0.4) is 0 Å². The molecule has 2 aromatic carbocycles. The third-order valence-electron chi connectivity index (χ3n) is 4.42. The Morgan fingerprint density at radius 2 is 1.57 bits per heavy atom. The maximum Gasteiger partial charge on any atom is 0.240 e. The van der Waals surface area contributed by atoms with E-state index in [0.29, 0.717) is 5.02 Å². The predicted molar refractivity (Wildman–Crippen MR) is 93.2 cm³/mol. The molecule has 122 valence electrons. The molecule has 2 atom stereocenters. The van der Waals surface area contributed by atoms with E-state index in [-0.39, 0.29) is 16.9 Å². The van der Waals surface area contributed by atoms with Gasteiger partial charge in [-0.2, -0.15) is 0 Å². The first-order valence-electron chi connectivity index (χ1n) is 7.89. The number of benzene rings is 2. The zero-order valence-corrected chi connectivity index (χ0v) is 14.4. The molecule has 0 aromatic heterocycles. The molecule has 0 radical (unpaired) electrons. The lowest BCUT2D eigenvalue weighted by Crippen LogP contribution is -2.40. The van der Waals surface area contributed by atoms with Crippen LogP contribution >= 0.6 is 11.6 Å². The van der Waals surface area contributed by atoms with Gasteiger partial charge in [-0.15, -0.1) is 0 Å². The molecule has 5 heteroatoms. The topological polar surface area (TPSA) is 46.2 Å². The maximum absolute atomic E-state index is 12.6. The lowest BCUT2D eigenvalue weighted by atomic mass is 9.80. The normalized spacial score (nSPS) is 22.0. The van der Waals surface area contributed by atoms with Crippen molar-refractivity contribution in [2.45, 2.75) is 42.5 Å². The van der Waals surface area contributed by atoms with E-state index in [0.717, 1.165) is 25.7 Å². The summed E-state index contributed by atoms with van der Waals surface area (Å²) in [4.78, 5) is 0.263. The number of hydrogen-bond donors (Lipinski definition) is 1. The van der Waals surface area contributed by atoms with Crippen molar-refractivity contribution in [3.05, 3.63) is 65.2 Å². The average Bonchev–Trinajstić information content (AvgIpc) is 2.56. The third kappa shape index (κ3) is 3.94. The fourth-order valence-corrected chi connectivity index (χ4v) is 4.69. The summed E-state index contributed by atoms with van der Waals surface area (Å²) in [5.41, 5.74) is 1.20. The van der Waals surface area contributed by atoms with Crippen LogP contribution in [0, 0.1) is 0 Å². The fourth-order valence-electron chi connectivity index (χ4n) is 3.25. The van der Waals surface area contributed by atoms with Crippen LogP contribution in [0.15, 0.2) is 59.5 Å². The largest absolute Gasteiger partial charge is 0.240 e. The third-order valence-corrected chi connectivity index (χ3v) is 6.18. The zero-order chi connectivity index (χ0) is 16.3. The van der Waals surface area contributed by atoms with Crippen LogP contribution in [0.4, 0.5) is 0 Å². The minimum Gasteiger partial charge on any atom is -0.207 e. The highest BCUT2D eigenvalue weighted by Gasteiger charge is 2.30. The Kier molecular flexibility index (Phi) is 5.05. The number of hydrogen-bond acceptors (Lipinski definition) is 2. The summed E-state index contributed by atoms with van der Waals surface area (Å²) in [6.07, 6.45) is 4.07. The van der Waals surface area contributed by atoms with Crippen LogP contribution in [0.1, 0.15) is 37.2 Å². The number of halogens is 1. The Morgan fingerprint density at radius 3 is 2.26 bits per heavy atom. The summed E-state index contributed by atoms with van der Waals surface area (Å²) in [5, 5.41) is 0.531. The first-order valence-corrected chi connectivity index (χ1v) is 9.75. The molecule has 3 nitrogen and oxygen atoms in total. The lowest BCUT2D eigenvalue weighted by molar-refractivity contribution is 0.361. The standard InChI is InChI=1S/C18H20ClNO2S/c19-15-10-12-16(13-11-15)23(21,22)20-18-9-5-4-8-17(18)14-6-2-1-3-7-14/h1-3,6-7,10-13,17-18,20H,4-5,8-9H2/t17-,18+/m0/s1. The predicted octanol–water partition coefficient (Wildman–Crippen LogP) is 4.34. The van der Waals surface area contributed by atoms with Gasteiger partial charge >= 0.3 is 0 Å². The van der Waals surface area contributed by atoms with Gasteiger partial charge in [-0.05, 0) is 42.7 Å². The van der Waals surface area contributed by atoms with Gasteiger partial charge in [-0.1, -0.05) is 54.8 Å². The SMILES string of the molecule is O=S(=O)(N[C@@H]1CCCC[C@H]1c1ccccc1)c1ccc(Cl)cc1. The summed E-state index contributed by atoms with van der Waals surface area (Å²) in [6, 6.07) is 16.4. The summed E-state index contributed by atoms with van der Waals surface area (Å²) in [7, 11) is -3.53. The van der Waals surface area contributed by atoms with Crippen molar-refractivity contribution in [2.24, 2.45) is 0 Å². The highest BCUT2D eigenvalue weighted by Crippen LogP contribution is 2.33. The van der Waals surface area contributed by atoms with E-state index in [1.807, 2.05) is 18.2 Å². The molecule has 1 N–H and O–H groups in total. The van der Waals surface area contributed by atoms with Gasteiger partial charge in [0.05, 0.1) is 4.90 Å². The number of nitrogens with one attached hydrogen (secondary N) is 1. The molecule has 1 saturated carbocycles. The molecule has 1 fully saturated rings. The molecule has 0 amide bonds. The molecule has 1 aliphatic rings. The highest BCUT2D eigenvalue weighted by atomic mass is 35.5. The second kappa shape index (κ2) is 7.04. The van der Waals surface area contributed by atoms with E-state index < -0.39 is 10.0 Å². The summed E-state index contributed by atoms with van der Waals surface area (Å²) in [6.45, 7) is 0. The van der Waals surface area contributed by atoms with Crippen molar-refractivity contribution in [3.63, 3.8) is 0 Å². The monoisotopic (exact) mass is 349 g/mol. The number of rotatable bonds is 4. The fraction of sp³-hybridized carbons (Fsp3) is 0.333. The summed E-state index contributed by atoms with van der Waals surface area (Å²) < 4.78 is 28.2. The maximum atomic E-state index is 12.6. The van der Waals surface area contributed by atoms with Gasteiger partial charge in [0.25, 0.3) is 0 Å². The van der Waals surface area contributed by atoms with Gasteiger partial charge in [-0.3, -0.25) is 0 Å². The van der Waals surface area contributed by atoms with E-state index in [1.54, 1.807) is 24.3 Å². The van der Waals surface area contributed by atoms with Crippen molar-refractivity contribution in [3.8, 4) is 0 Å². The lowest BCUT2D eigenvalue weighted by Gasteiger charge is -2.32. The quantitative estimate of drug-likeness (QED) is 0.892. The van der Waals surface area contributed by atoms with Crippen molar-refractivity contribution in [1.29, 1.82) is 0 Å². The van der Waals surface area contributed by atoms with E-state index in [1.165, 1.54) is 5.56 Å². The van der Waals surface area contributed by atoms with Crippen LogP contribution in [0.25, 0.3) is 0 Å². The van der Waals surface area contributed by atoms with E-state index in [2.05, 4.69) is 16.9 Å². The molecule has 3 rings (SSSR count). The molecular formula is C18H20ClNO2S. The first kappa shape index (κ1) is 16.5. The van der Waals surface area contributed by atoms with Gasteiger partial charge < -0.3 is 0 Å². The second-order valence-electron chi connectivity index (χ2n) is 5.98. The van der Waals surface area contributed by atoms with Crippen LogP contribution in [0.2, 0.25) is 5.02 Å². The minimum atomic E-state index is -3.53. The van der Waals surface area contributed by atoms with Gasteiger partial charge in [0, 0.05) is 17.0 Å². The molecule has 0 spiro atoms. The van der Waals surface area contributed by atoms with Gasteiger partial charge in [0.1, 0.15) is 0 Å². The Hall–Kier alpha value is -1.36. The Morgan fingerprint density at radius 1 is 0.913 bits per heavy atom. The summed E-state index contributed by atoms with van der Waals surface area (Å²) in [5.74, 6) is 0.229. The highest BCUT2D eigenvalue weighted by molar-refractivity contribution is 7.89. The van der Waals surface area contributed by atoms with Gasteiger partial charge in [-0.25, -0.2) is 13.1 Å². The van der Waals surface area contributed by atoms with E-state index >= 15 is 0 Å². The van der Waals surface area contributed by atoms with Crippen LogP contribution < -0.4 is 4.72 Å². The molecule has 0 aliphatic heterocycles. The molecule has 1 aliphatic carbocycles. The second-order valence-corrected chi connectivity index (χ2v) is 8.13. The first-order chi connectivity index (χ1) is 11.1. The van der Waals surface area contributed by atoms with Crippen LogP contribution in [0.5, 0.6) is 0 Å².